The summed E-state index contributed by atoms with van der Waals surface area (Å²) in [6, 6.07) is 14.5. The largest absolute Gasteiger partial charge is 0.371 e. The van der Waals surface area contributed by atoms with Crippen LogP contribution in [0.1, 0.15) is 31.4 Å². The summed E-state index contributed by atoms with van der Waals surface area (Å²) in [5.41, 5.74) is 2.33. The number of urea groups is 1. The lowest BCUT2D eigenvalue weighted by Gasteiger charge is -2.22. The fourth-order valence-electron chi connectivity index (χ4n) is 4.19. The first-order chi connectivity index (χ1) is 14.8. The van der Waals surface area contributed by atoms with Crippen LogP contribution in [0.2, 0.25) is 0 Å². The zero-order valence-corrected chi connectivity index (χ0v) is 18.1. The summed E-state index contributed by atoms with van der Waals surface area (Å²) < 4.78 is 0. The van der Waals surface area contributed by atoms with Gasteiger partial charge in [0.15, 0.2) is 0 Å². The van der Waals surface area contributed by atoms with Crippen LogP contribution in [-0.2, 0) is 15.1 Å². The van der Waals surface area contributed by atoms with Crippen molar-refractivity contribution in [3.05, 3.63) is 59.7 Å². The molecule has 0 bridgehead atoms. The fourth-order valence-corrected chi connectivity index (χ4v) is 4.19. The van der Waals surface area contributed by atoms with Gasteiger partial charge < -0.3 is 15.5 Å². The molecule has 2 unspecified atom stereocenters. The van der Waals surface area contributed by atoms with Crippen LogP contribution in [0.5, 0.6) is 0 Å². The van der Waals surface area contributed by atoms with Crippen molar-refractivity contribution >= 4 is 29.2 Å². The average molecular weight is 421 g/mol. The van der Waals surface area contributed by atoms with Crippen molar-refractivity contribution in [3.8, 4) is 0 Å². The summed E-state index contributed by atoms with van der Waals surface area (Å²) in [7, 11) is 0. The molecule has 2 heterocycles. The molecule has 0 aliphatic carbocycles. The summed E-state index contributed by atoms with van der Waals surface area (Å²) in [5, 5.41) is 5.51. The van der Waals surface area contributed by atoms with Crippen molar-refractivity contribution in [1.29, 1.82) is 0 Å². The zero-order chi connectivity index (χ0) is 22.2. The molecule has 4 rings (SSSR count). The highest BCUT2D eigenvalue weighted by Crippen LogP contribution is 2.29. The number of carbonyl (C=O) groups excluding carboxylic acids is 3. The lowest BCUT2D eigenvalue weighted by atomic mass is 9.91. The summed E-state index contributed by atoms with van der Waals surface area (Å²) in [6.07, 6.45) is 1.19. The second-order valence-corrected chi connectivity index (χ2v) is 8.75. The molecule has 7 nitrogen and oxygen atoms in total. The number of aryl methyl sites for hydroxylation is 1. The smallest absolute Gasteiger partial charge is 0.325 e. The van der Waals surface area contributed by atoms with E-state index in [-0.39, 0.29) is 6.54 Å². The van der Waals surface area contributed by atoms with Crippen LogP contribution in [0.15, 0.2) is 48.5 Å². The number of nitrogens with zero attached hydrogens (tertiary/aromatic N) is 2. The maximum atomic E-state index is 13.0. The molecular formula is C24H28N4O3. The Morgan fingerprint density at radius 2 is 1.81 bits per heavy atom. The molecular weight excluding hydrogens is 392 g/mol. The third-order valence-corrected chi connectivity index (χ3v) is 6.15. The van der Waals surface area contributed by atoms with E-state index in [0.717, 1.165) is 29.2 Å². The fraction of sp³-hybridized carbons (Fsp3) is 0.375. The Morgan fingerprint density at radius 3 is 2.42 bits per heavy atom. The Balaban J connectivity index is 1.39. The van der Waals surface area contributed by atoms with Gasteiger partial charge in [-0.25, -0.2) is 4.79 Å². The lowest BCUT2D eigenvalue weighted by molar-refractivity contribution is -0.133. The van der Waals surface area contributed by atoms with Crippen LogP contribution in [0.3, 0.4) is 0 Å². The van der Waals surface area contributed by atoms with E-state index in [1.807, 2.05) is 55.5 Å². The SMILES string of the molecule is Cc1ccc(C2(C)NC(=O)N(CC(=O)Nc3ccc(N4CCC(C)C4)cc3)C2=O)cc1. The molecule has 2 aromatic rings. The first-order valence-corrected chi connectivity index (χ1v) is 10.6. The number of anilines is 2. The minimum absolute atomic E-state index is 0.336. The maximum Gasteiger partial charge on any atom is 0.325 e. The number of hydrogen-bond acceptors (Lipinski definition) is 4. The summed E-state index contributed by atoms with van der Waals surface area (Å²) in [6.45, 7) is 7.60. The van der Waals surface area contributed by atoms with Crippen molar-refractivity contribution in [1.82, 2.24) is 10.2 Å². The third kappa shape index (κ3) is 4.13. The Morgan fingerprint density at radius 1 is 1.13 bits per heavy atom. The zero-order valence-electron chi connectivity index (χ0n) is 18.1. The molecule has 162 valence electrons. The minimum Gasteiger partial charge on any atom is -0.371 e. The van der Waals surface area contributed by atoms with Gasteiger partial charge in [0, 0.05) is 24.5 Å². The molecule has 0 aromatic heterocycles. The molecule has 2 saturated heterocycles. The highest BCUT2D eigenvalue weighted by Gasteiger charge is 2.49. The first-order valence-electron chi connectivity index (χ1n) is 10.6. The van der Waals surface area contributed by atoms with Gasteiger partial charge in [-0.2, -0.15) is 0 Å². The third-order valence-electron chi connectivity index (χ3n) is 6.15. The van der Waals surface area contributed by atoms with E-state index >= 15 is 0 Å². The predicted molar refractivity (Wildman–Crippen MR) is 120 cm³/mol. The summed E-state index contributed by atoms with van der Waals surface area (Å²) in [5.74, 6) is -0.164. The van der Waals surface area contributed by atoms with Gasteiger partial charge in [0.1, 0.15) is 12.1 Å². The standard InChI is InChI=1S/C24H28N4O3/c1-16-4-6-18(7-5-16)24(3)22(30)28(23(31)26-24)15-21(29)25-19-8-10-20(11-9-19)27-13-12-17(2)14-27/h4-11,17H,12-15H2,1-3H3,(H,25,29)(H,26,31). The van der Waals surface area contributed by atoms with Gasteiger partial charge in [-0.1, -0.05) is 36.8 Å². The molecule has 2 atom stereocenters. The Kier molecular flexibility index (Phi) is 5.43. The Bertz CT molecular complexity index is 1000. The Labute approximate surface area is 182 Å². The molecule has 31 heavy (non-hydrogen) atoms. The van der Waals surface area contributed by atoms with Gasteiger partial charge >= 0.3 is 6.03 Å². The number of benzene rings is 2. The number of hydrogen-bond donors (Lipinski definition) is 2. The number of carbonyl (C=O) groups is 3. The molecule has 2 aromatic carbocycles. The quantitative estimate of drug-likeness (QED) is 0.728. The van der Waals surface area contributed by atoms with Gasteiger partial charge in [0.25, 0.3) is 5.91 Å². The van der Waals surface area contributed by atoms with E-state index in [9.17, 15) is 14.4 Å². The van der Waals surface area contributed by atoms with Gasteiger partial charge in [-0.15, -0.1) is 0 Å². The number of imide groups is 1. The molecule has 2 aliphatic rings. The van der Waals surface area contributed by atoms with Crippen LogP contribution in [-0.4, -0.2) is 42.4 Å². The molecule has 4 amide bonds. The number of amides is 4. The maximum absolute atomic E-state index is 13.0. The van der Waals surface area contributed by atoms with Gasteiger partial charge in [0.2, 0.25) is 5.91 Å². The van der Waals surface area contributed by atoms with Crippen molar-refractivity contribution in [2.24, 2.45) is 5.92 Å². The predicted octanol–water partition coefficient (Wildman–Crippen LogP) is 3.25. The van der Waals surface area contributed by atoms with E-state index in [0.29, 0.717) is 17.2 Å². The molecule has 2 N–H and O–H groups in total. The monoisotopic (exact) mass is 420 g/mol. The van der Waals surface area contributed by atoms with Crippen LogP contribution in [0, 0.1) is 12.8 Å². The van der Waals surface area contributed by atoms with Crippen LogP contribution < -0.4 is 15.5 Å². The lowest BCUT2D eigenvalue weighted by Crippen LogP contribution is -2.42. The van der Waals surface area contributed by atoms with Gasteiger partial charge in [-0.05, 0) is 56.0 Å². The van der Waals surface area contributed by atoms with Crippen molar-refractivity contribution in [2.45, 2.75) is 32.7 Å². The number of nitrogens with one attached hydrogen (secondary N) is 2. The second-order valence-electron chi connectivity index (χ2n) is 8.75. The Hall–Kier alpha value is -3.35. The minimum atomic E-state index is -1.18. The molecule has 0 spiro atoms. The first kappa shape index (κ1) is 20.9. The van der Waals surface area contributed by atoms with Gasteiger partial charge in [0.05, 0.1) is 0 Å². The van der Waals surface area contributed by atoms with Crippen molar-refractivity contribution < 1.29 is 14.4 Å². The number of rotatable bonds is 5. The van der Waals surface area contributed by atoms with Crippen molar-refractivity contribution in [2.75, 3.05) is 29.9 Å². The van der Waals surface area contributed by atoms with Crippen LogP contribution in [0.25, 0.3) is 0 Å². The molecule has 0 radical (unpaired) electrons. The van der Waals surface area contributed by atoms with E-state index in [1.165, 1.54) is 6.42 Å². The van der Waals surface area contributed by atoms with Gasteiger partial charge in [-0.3, -0.25) is 14.5 Å². The highest BCUT2D eigenvalue weighted by molar-refractivity contribution is 6.10. The molecule has 7 heteroatoms. The molecule has 2 aliphatic heterocycles. The molecule has 0 saturated carbocycles. The van der Waals surface area contributed by atoms with E-state index < -0.39 is 23.4 Å². The topological polar surface area (TPSA) is 81.8 Å². The second kappa shape index (κ2) is 8.06. The summed E-state index contributed by atoms with van der Waals surface area (Å²) >= 11 is 0. The normalized spacial score (nSPS) is 23.3. The van der Waals surface area contributed by atoms with Crippen LogP contribution >= 0.6 is 0 Å². The average Bonchev–Trinajstić information content (AvgIpc) is 3.26. The van der Waals surface area contributed by atoms with E-state index in [2.05, 4.69) is 22.5 Å². The van der Waals surface area contributed by atoms with Crippen LogP contribution in [0.4, 0.5) is 16.2 Å². The molecule has 2 fully saturated rings. The van der Waals surface area contributed by atoms with E-state index in [1.54, 1.807) is 6.92 Å². The summed E-state index contributed by atoms with van der Waals surface area (Å²) in [4.78, 5) is 41.3. The van der Waals surface area contributed by atoms with Crippen molar-refractivity contribution in [3.63, 3.8) is 0 Å². The van der Waals surface area contributed by atoms with E-state index in [4.69, 9.17) is 0 Å². The highest BCUT2D eigenvalue weighted by atomic mass is 16.2.